The minimum absolute atomic E-state index is 0.585. The highest BCUT2D eigenvalue weighted by molar-refractivity contribution is 7.09. The fraction of sp³-hybridized carbons (Fsp3) is 0.474. The van der Waals surface area contributed by atoms with Gasteiger partial charge in [-0.2, -0.15) is 0 Å². The zero-order valence-corrected chi connectivity index (χ0v) is 13.6. The molecule has 1 atom stereocenters. The first-order valence-corrected chi connectivity index (χ1v) is 9.02. The average molecular weight is 299 g/mol. The monoisotopic (exact) mass is 299 g/mol. The van der Waals surface area contributed by atoms with Gasteiger partial charge >= 0.3 is 0 Å². The molecule has 0 spiro atoms. The van der Waals surface area contributed by atoms with Crippen molar-refractivity contribution in [3.8, 4) is 0 Å². The predicted octanol–water partition coefficient (Wildman–Crippen LogP) is 5.00. The van der Waals surface area contributed by atoms with Crippen LogP contribution in [0, 0.1) is 0 Å². The van der Waals surface area contributed by atoms with Gasteiger partial charge in [-0.3, -0.25) is 0 Å². The molecule has 1 N–H and O–H groups in total. The molecule has 112 valence electrons. The van der Waals surface area contributed by atoms with E-state index in [0.29, 0.717) is 12.1 Å². The van der Waals surface area contributed by atoms with Gasteiger partial charge in [0.05, 0.1) is 0 Å². The molecular formula is C19H25NS. The van der Waals surface area contributed by atoms with Crippen LogP contribution in [-0.2, 0) is 6.42 Å². The van der Waals surface area contributed by atoms with Crippen molar-refractivity contribution in [1.29, 1.82) is 0 Å². The zero-order valence-electron chi connectivity index (χ0n) is 12.8. The van der Waals surface area contributed by atoms with E-state index in [1.54, 1.807) is 0 Å². The molecule has 0 amide bonds. The van der Waals surface area contributed by atoms with E-state index in [9.17, 15) is 0 Å². The number of nitrogens with one attached hydrogen (secondary N) is 1. The summed E-state index contributed by atoms with van der Waals surface area (Å²) in [6.45, 7) is 2.32. The third-order valence-corrected chi connectivity index (χ3v) is 5.50. The molecule has 0 bridgehead atoms. The van der Waals surface area contributed by atoms with Crippen LogP contribution in [0.2, 0.25) is 0 Å². The molecule has 2 aromatic rings. The summed E-state index contributed by atoms with van der Waals surface area (Å²) in [5.41, 5.74) is 1.53. The highest BCUT2D eigenvalue weighted by atomic mass is 32.1. The Labute approximate surface area is 132 Å². The standard InChI is InChI=1S/C19H25NS/c1-15(14-19-8-5-13-21-19)20-18-11-9-17(10-12-18)16-6-3-2-4-7-16/h2-8,13,15,17-18,20H,9-12,14H2,1H3. The van der Waals surface area contributed by atoms with Crippen LogP contribution in [0.4, 0.5) is 0 Å². The van der Waals surface area contributed by atoms with Crippen molar-refractivity contribution in [3.63, 3.8) is 0 Å². The maximum absolute atomic E-state index is 3.84. The quantitative estimate of drug-likeness (QED) is 0.819. The molecule has 21 heavy (non-hydrogen) atoms. The lowest BCUT2D eigenvalue weighted by Crippen LogP contribution is -2.39. The Kier molecular flexibility index (Phi) is 5.10. The fourth-order valence-electron chi connectivity index (χ4n) is 3.51. The molecule has 0 radical (unpaired) electrons. The normalized spacial score (nSPS) is 23.9. The van der Waals surface area contributed by atoms with E-state index in [1.165, 1.54) is 36.1 Å². The van der Waals surface area contributed by atoms with Gasteiger partial charge in [-0.05, 0) is 62.0 Å². The van der Waals surface area contributed by atoms with E-state index >= 15 is 0 Å². The first kappa shape index (κ1) is 14.8. The molecule has 2 heteroatoms. The molecule has 1 unspecified atom stereocenters. The van der Waals surface area contributed by atoms with Gasteiger partial charge in [0, 0.05) is 17.0 Å². The smallest absolute Gasteiger partial charge is 0.00896 e. The molecule has 1 aromatic heterocycles. The predicted molar refractivity (Wildman–Crippen MR) is 92.1 cm³/mol. The molecule has 1 saturated carbocycles. The third-order valence-electron chi connectivity index (χ3n) is 4.61. The van der Waals surface area contributed by atoms with Gasteiger partial charge in [0.1, 0.15) is 0 Å². The Balaban J connectivity index is 1.45. The summed E-state index contributed by atoms with van der Waals surface area (Å²) in [6.07, 6.45) is 6.44. The summed E-state index contributed by atoms with van der Waals surface area (Å²) in [7, 11) is 0. The Morgan fingerprint density at radius 3 is 2.48 bits per heavy atom. The number of thiophene rings is 1. The molecular weight excluding hydrogens is 274 g/mol. The molecule has 3 rings (SSSR count). The van der Waals surface area contributed by atoms with Crippen LogP contribution in [0.1, 0.15) is 49.0 Å². The Morgan fingerprint density at radius 2 is 1.81 bits per heavy atom. The Morgan fingerprint density at radius 1 is 1.05 bits per heavy atom. The van der Waals surface area contributed by atoms with Crippen LogP contribution in [-0.4, -0.2) is 12.1 Å². The topological polar surface area (TPSA) is 12.0 Å². The lowest BCUT2D eigenvalue weighted by Gasteiger charge is -2.31. The zero-order chi connectivity index (χ0) is 14.5. The molecule has 0 aliphatic heterocycles. The molecule has 1 heterocycles. The van der Waals surface area contributed by atoms with Crippen LogP contribution in [0.25, 0.3) is 0 Å². The summed E-state index contributed by atoms with van der Waals surface area (Å²) in [6, 6.07) is 16.7. The fourth-order valence-corrected chi connectivity index (χ4v) is 4.35. The molecule has 1 fully saturated rings. The van der Waals surface area contributed by atoms with Crippen molar-refractivity contribution in [1.82, 2.24) is 5.32 Å². The van der Waals surface area contributed by atoms with Crippen LogP contribution in [0.15, 0.2) is 47.8 Å². The SMILES string of the molecule is CC(Cc1cccs1)NC1CCC(c2ccccc2)CC1. The van der Waals surface area contributed by atoms with Crippen LogP contribution in [0.5, 0.6) is 0 Å². The molecule has 1 aliphatic carbocycles. The second kappa shape index (κ2) is 7.24. The van der Waals surface area contributed by atoms with Gasteiger partial charge in [0.2, 0.25) is 0 Å². The van der Waals surface area contributed by atoms with Gasteiger partial charge in [-0.1, -0.05) is 36.4 Å². The summed E-state index contributed by atoms with van der Waals surface area (Å²) >= 11 is 1.87. The molecule has 1 nitrogen and oxygen atoms in total. The molecule has 1 aromatic carbocycles. The van der Waals surface area contributed by atoms with Crippen LogP contribution < -0.4 is 5.32 Å². The Hall–Kier alpha value is -1.12. The average Bonchev–Trinajstić information content (AvgIpc) is 3.02. The summed E-state index contributed by atoms with van der Waals surface area (Å²) < 4.78 is 0. The van der Waals surface area contributed by atoms with E-state index in [4.69, 9.17) is 0 Å². The van der Waals surface area contributed by atoms with Crippen molar-refractivity contribution in [2.75, 3.05) is 0 Å². The van der Waals surface area contributed by atoms with Gasteiger partial charge in [0.15, 0.2) is 0 Å². The van der Waals surface area contributed by atoms with Crippen molar-refractivity contribution < 1.29 is 0 Å². The van der Waals surface area contributed by atoms with Gasteiger partial charge in [0.25, 0.3) is 0 Å². The van der Waals surface area contributed by atoms with E-state index in [2.05, 4.69) is 60.1 Å². The first-order chi connectivity index (χ1) is 10.3. The molecule has 0 saturated heterocycles. The number of benzene rings is 1. The van der Waals surface area contributed by atoms with Crippen molar-refractivity contribution >= 4 is 11.3 Å². The number of hydrogen-bond acceptors (Lipinski definition) is 2. The van der Waals surface area contributed by atoms with Gasteiger partial charge in [-0.25, -0.2) is 0 Å². The lowest BCUT2D eigenvalue weighted by atomic mass is 9.81. The van der Waals surface area contributed by atoms with E-state index < -0.39 is 0 Å². The van der Waals surface area contributed by atoms with Crippen molar-refractivity contribution in [2.24, 2.45) is 0 Å². The second-order valence-corrected chi connectivity index (χ2v) is 7.34. The second-order valence-electron chi connectivity index (χ2n) is 6.31. The van der Waals surface area contributed by atoms with Crippen LogP contribution in [0.3, 0.4) is 0 Å². The van der Waals surface area contributed by atoms with E-state index in [0.717, 1.165) is 12.3 Å². The van der Waals surface area contributed by atoms with Gasteiger partial charge < -0.3 is 5.32 Å². The lowest BCUT2D eigenvalue weighted by molar-refractivity contribution is 0.319. The summed E-state index contributed by atoms with van der Waals surface area (Å²) in [4.78, 5) is 1.49. The first-order valence-electron chi connectivity index (χ1n) is 8.14. The van der Waals surface area contributed by atoms with Gasteiger partial charge in [-0.15, -0.1) is 11.3 Å². The summed E-state index contributed by atoms with van der Waals surface area (Å²) in [5, 5.41) is 6.01. The largest absolute Gasteiger partial charge is 0.311 e. The highest BCUT2D eigenvalue weighted by Gasteiger charge is 2.23. The third kappa shape index (κ3) is 4.18. The minimum atomic E-state index is 0.585. The minimum Gasteiger partial charge on any atom is -0.311 e. The maximum atomic E-state index is 3.84. The number of rotatable bonds is 5. The van der Waals surface area contributed by atoms with E-state index in [-0.39, 0.29) is 0 Å². The molecule has 1 aliphatic rings. The van der Waals surface area contributed by atoms with Crippen LogP contribution >= 0.6 is 11.3 Å². The van der Waals surface area contributed by atoms with E-state index in [1.807, 2.05) is 11.3 Å². The summed E-state index contributed by atoms with van der Waals surface area (Å²) in [5.74, 6) is 0.775. The maximum Gasteiger partial charge on any atom is 0.00896 e. The van der Waals surface area contributed by atoms with Crippen molar-refractivity contribution in [3.05, 3.63) is 58.3 Å². The van der Waals surface area contributed by atoms with Crippen molar-refractivity contribution in [2.45, 2.75) is 57.0 Å². The highest BCUT2D eigenvalue weighted by Crippen LogP contribution is 2.32. The Bertz CT molecular complexity index is 512. The number of hydrogen-bond donors (Lipinski definition) is 1.